The molecule has 2 saturated heterocycles. The van der Waals surface area contributed by atoms with Gasteiger partial charge in [0.05, 0.1) is 33.4 Å². The maximum absolute atomic E-state index is 12.6. The van der Waals surface area contributed by atoms with Crippen LogP contribution in [0.5, 0.6) is 5.75 Å². The van der Waals surface area contributed by atoms with E-state index in [-0.39, 0.29) is 19.1 Å². The van der Waals surface area contributed by atoms with Gasteiger partial charge in [-0.25, -0.2) is 4.79 Å². The molecule has 0 radical (unpaired) electrons. The molecular formula is C22H24ClN3O5. The van der Waals surface area contributed by atoms with Crippen LogP contribution in [0.1, 0.15) is 0 Å². The highest BCUT2D eigenvalue weighted by Crippen LogP contribution is 2.31. The van der Waals surface area contributed by atoms with Gasteiger partial charge in [0.15, 0.2) is 5.60 Å². The lowest BCUT2D eigenvalue weighted by atomic mass is 10.0. The smallest absolute Gasteiger partial charge is 0.415 e. The van der Waals surface area contributed by atoms with Crippen LogP contribution >= 0.6 is 11.6 Å². The molecule has 2 amide bonds. The fourth-order valence-electron chi connectivity index (χ4n) is 3.80. The first-order chi connectivity index (χ1) is 15.0. The summed E-state index contributed by atoms with van der Waals surface area (Å²) in [4.78, 5) is 28.7. The third kappa shape index (κ3) is 5.10. The lowest BCUT2D eigenvalue weighted by Gasteiger charge is -2.29. The molecule has 2 fully saturated rings. The fourth-order valence-corrected chi connectivity index (χ4v) is 3.92. The van der Waals surface area contributed by atoms with Crippen LogP contribution in [0.25, 0.3) is 0 Å². The fraction of sp³-hybridized carbons (Fsp3) is 0.364. The van der Waals surface area contributed by atoms with E-state index in [9.17, 15) is 9.59 Å². The van der Waals surface area contributed by atoms with Gasteiger partial charge in [-0.2, -0.15) is 0 Å². The summed E-state index contributed by atoms with van der Waals surface area (Å²) in [6.07, 6.45) is -0.435. The van der Waals surface area contributed by atoms with Gasteiger partial charge in [-0.3, -0.25) is 14.6 Å². The zero-order valence-electron chi connectivity index (χ0n) is 17.2. The summed E-state index contributed by atoms with van der Waals surface area (Å²) in [5.74, 6) is 0.569. The molecule has 1 atom stereocenters. The van der Waals surface area contributed by atoms with Crippen molar-refractivity contribution in [3.8, 4) is 5.75 Å². The van der Waals surface area contributed by atoms with Gasteiger partial charge in [0.2, 0.25) is 5.91 Å². The van der Waals surface area contributed by atoms with Crippen molar-refractivity contribution in [2.24, 2.45) is 0 Å². The zero-order valence-corrected chi connectivity index (χ0v) is 17.9. The second-order valence-electron chi connectivity index (χ2n) is 7.65. The second-order valence-corrected chi connectivity index (χ2v) is 8.09. The first-order valence-corrected chi connectivity index (χ1v) is 10.3. The molecule has 2 aromatic rings. The number of nitrogens with zero attached hydrogens (tertiary/aromatic N) is 2. The summed E-state index contributed by atoms with van der Waals surface area (Å²) >= 11 is 5.95. The van der Waals surface area contributed by atoms with Crippen LogP contribution in [0.15, 0.2) is 48.5 Å². The number of ether oxygens (including phenoxy) is 3. The van der Waals surface area contributed by atoms with Gasteiger partial charge in [-0.15, -0.1) is 0 Å². The Hall–Kier alpha value is -2.81. The highest BCUT2D eigenvalue weighted by atomic mass is 35.5. The van der Waals surface area contributed by atoms with E-state index in [1.165, 1.54) is 0 Å². The van der Waals surface area contributed by atoms with Crippen LogP contribution in [0.3, 0.4) is 0 Å². The normalized spacial score (nSPS) is 21.6. The molecule has 164 valence electrons. The predicted octanol–water partition coefficient (Wildman–Crippen LogP) is 3.01. The SMILES string of the molecule is COc1ccc(NC(=O)CN2CCOC[C@@]3(C2)CN(c2ccc(Cl)cc2)C(=O)O3)cc1. The number of hydrogen-bond acceptors (Lipinski definition) is 6. The van der Waals surface area contributed by atoms with Gasteiger partial charge in [0.1, 0.15) is 5.75 Å². The van der Waals surface area contributed by atoms with Crippen molar-refractivity contribution in [3.63, 3.8) is 0 Å². The van der Waals surface area contributed by atoms with Gasteiger partial charge < -0.3 is 19.5 Å². The van der Waals surface area contributed by atoms with E-state index in [4.69, 9.17) is 25.8 Å². The Morgan fingerprint density at radius 2 is 1.90 bits per heavy atom. The molecule has 4 rings (SSSR count). The van der Waals surface area contributed by atoms with Gasteiger partial charge in [0, 0.05) is 29.5 Å². The summed E-state index contributed by atoms with van der Waals surface area (Å²) in [5.41, 5.74) is 0.556. The number of benzene rings is 2. The minimum absolute atomic E-state index is 0.152. The number of hydrogen-bond donors (Lipinski definition) is 1. The number of carbonyl (C=O) groups excluding carboxylic acids is 2. The minimum atomic E-state index is -0.840. The molecule has 0 bridgehead atoms. The van der Waals surface area contributed by atoms with Crippen molar-refractivity contribution in [1.82, 2.24) is 4.90 Å². The summed E-state index contributed by atoms with van der Waals surface area (Å²) in [6.45, 7) is 2.20. The number of methoxy groups -OCH3 is 1. The molecular weight excluding hydrogens is 422 g/mol. The second kappa shape index (κ2) is 9.13. The average Bonchev–Trinajstić information content (AvgIpc) is 2.95. The molecule has 2 aliphatic rings. The third-order valence-electron chi connectivity index (χ3n) is 5.28. The van der Waals surface area contributed by atoms with E-state index in [1.807, 2.05) is 4.90 Å². The average molecular weight is 446 g/mol. The highest BCUT2D eigenvalue weighted by molar-refractivity contribution is 6.30. The van der Waals surface area contributed by atoms with E-state index in [0.29, 0.717) is 42.6 Å². The quantitative estimate of drug-likeness (QED) is 0.762. The van der Waals surface area contributed by atoms with E-state index in [1.54, 1.807) is 60.5 Å². The molecule has 2 heterocycles. The third-order valence-corrected chi connectivity index (χ3v) is 5.53. The van der Waals surface area contributed by atoms with Crippen LogP contribution in [0, 0.1) is 0 Å². The van der Waals surface area contributed by atoms with E-state index < -0.39 is 11.7 Å². The molecule has 0 aliphatic carbocycles. The molecule has 0 aromatic heterocycles. The topological polar surface area (TPSA) is 80.3 Å². The number of anilines is 2. The van der Waals surface area contributed by atoms with Gasteiger partial charge >= 0.3 is 6.09 Å². The van der Waals surface area contributed by atoms with Crippen LogP contribution in [-0.4, -0.2) is 69.0 Å². The number of rotatable bonds is 5. The van der Waals surface area contributed by atoms with E-state index >= 15 is 0 Å². The first kappa shape index (κ1) is 21.4. The molecule has 31 heavy (non-hydrogen) atoms. The van der Waals surface area contributed by atoms with Crippen molar-refractivity contribution in [1.29, 1.82) is 0 Å². The molecule has 9 heteroatoms. The largest absolute Gasteiger partial charge is 0.497 e. The molecule has 1 N–H and O–H groups in total. The van der Waals surface area contributed by atoms with Crippen LogP contribution in [0.4, 0.5) is 16.2 Å². The lowest BCUT2D eigenvalue weighted by Crippen LogP contribution is -2.49. The number of halogens is 1. The molecule has 2 aliphatic heterocycles. The van der Waals surface area contributed by atoms with Crippen LogP contribution < -0.4 is 15.0 Å². The summed E-state index contributed by atoms with van der Waals surface area (Å²) in [5, 5.41) is 3.48. The minimum Gasteiger partial charge on any atom is -0.497 e. The van der Waals surface area contributed by atoms with Crippen LogP contribution in [-0.2, 0) is 14.3 Å². The standard InChI is InChI=1S/C22H24ClN3O5/c1-29-19-8-4-17(5-9-19)24-20(27)12-25-10-11-30-15-22(13-25)14-26(21(28)31-22)18-6-2-16(23)3-7-18/h2-9H,10-15H2,1H3,(H,24,27)/t22-/m1/s1. The Labute approximate surface area is 185 Å². The molecule has 8 nitrogen and oxygen atoms in total. The number of nitrogens with one attached hydrogen (secondary N) is 1. The summed E-state index contributed by atoms with van der Waals surface area (Å²) in [6, 6.07) is 14.2. The molecule has 1 spiro atoms. The Morgan fingerprint density at radius 3 is 2.61 bits per heavy atom. The van der Waals surface area contributed by atoms with Gasteiger partial charge in [-0.05, 0) is 48.5 Å². The van der Waals surface area contributed by atoms with E-state index in [0.717, 1.165) is 5.75 Å². The van der Waals surface area contributed by atoms with Crippen molar-refractivity contribution in [2.45, 2.75) is 5.60 Å². The summed E-state index contributed by atoms with van der Waals surface area (Å²) in [7, 11) is 1.59. The molecule has 0 unspecified atom stereocenters. The Balaban J connectivity index is 1.40. The zero-order chi connectivity index (χ0) is 21.8. The predicted molar refractivity (Wildman–Crippen MR) is 117 cm³/mol. The van der Waals surface area contributed by atoms with Crippen molar-refractivity contribution in [3.05, 3.63) is 53.6 Å². The van der Waals surface area contributed by atoms with Gasteiger partial charge in [-0.1, -0.05) is 11.6 Å². The Morgan fingerprint density at radius 1 is 1.16 bits per heavy atom. The maximum Gasteiger partial charge on any atom is 0.415 e. The first-order valence-electron chi connectivity index (χ1n) is 9.96. The monoisotopic (exact) mass is 445 g/mol. The van der Waals surface area contributed by atoms with Crippen LogP contribution in [0.2, 0.25) is 5.02 Å². The number of amides is 2. The van der Waals surface area contributed by atoms with Crippen molar-refractivity contribution in [2.75, 3.05) is 56.7 Å². The van der Waals surface area contributed by atoms with Gasteiger partial charge in [0.25, 0.3) is 0 Å². The highest BCUT2D eigenvalue weighted by Gasteiger charge is 2.48. The molecule has 0 saturated carbocycles. The van der Waals surface area contributed by atoms with E-state index in [2.05, 4.69) is 5.32 Å². The maximum atomic E-state index is 12.6. The summed E-state index contributed by atoms with van der Waals surface area (Å²) < 4.78 is 16.6. The Bertz CT molecular complexity index is 937. The Kier molecular flexibility index (Phi) is 6.31. The molecule has 2 aromatic carbocycles. The van der Waals surface area contributed by atoms with Crippen molar-refractivity contribution < 1.29 is 23.8 Å². The number of carbonyl (C=O) groups is 2. The lowest BCUT2D eigenvalue weighted by molar-refractivity contribution is -0.117. The van der Waals surface area contributed by atoms with Crippen molar-refractivity contribution >= 4 is 35.0 Å².